The van der Waals surface area contributed by atoms with Gasteiger partial charge in [-0.25, -0.2) is 0 Å². The average molecular weight is 213 g/mol. The lowest BCUT2D eigenvalue weighted by Gasteiger charge is -2.12. The molecule has 16 heavy (non-hydrogen) atoms. The number of hydrogen-bond donors (Lipinski definition) is 0. The predicted octanol–water partition coefficient (Wildman–Crippen LogP) is 2.87. The van der Waals surface area contributed by atoms with Gasteiger partial charge in [-0.05, 0) is 37.3 Å². The van der Waals surface area contributed by atoms with Crippen LogP contribution in [0.2, 0.25) is 0 Å². The highest BCUT2D eigenvalue weighted by Crippen LogP contribution is 2.32. The highest BCUT2D eigenvalue weighted by Gasteiger charge is 2.19. The fourth-order valence-corrected chi connectivity index (χ4v) is 2.96. The average Bonchev–Trinajstić information content (AvgIpc) is 2.64. The number of para-hydroxylation sites is 1. The fraction of sp³-hybridized carbons (Fsp3) is 0.357. The van der Waals surface area contributed by atoms with Crippen LogP contribution < -0.4 is 0 Å². The number of benzene rings is 1. The molecule has 0 spiro atoms. The molecule has 0 N–H and O–H groups in total. The molecular weight excluding hydrogens is 198 g/mol. The summed E-state index contributed by atoms with van der Waals surface area (Å²) in [5, 5.41) is 1.28. The van der Waals surface area contributed by atoms with Crippen LogP contribution in [-0.2, 0) is 19.9 Å². The topological polar surface area (TPSA) is 22.0 Å². The van der Waals surface area contributed by atoms with Crippen molar-refractivity contribution in [1.29, 1.82) is 0 Å². The first-order valence-electron chi connectivity index (χ1n) is 5.87. The summed E-state index contributed by atoms with van der Waals surface area (Å²) < 4.78 is 2.22. The van der Waals surface area contributed by atoms with Crippen molar-refractivity contribution in [1.82, 2.24) is 4.57 Å². The Hall–Kier alpha value is -1.57. The highest BCUT2D eigenvalue weighted by atomic mass is 16.1. The number of carbonyl (C=O) groups excluding carboxylic acids is 1. The van der Waals surface area contributed by atoms with Crippen LogP contribution >= 0.6 is 0 Å². The highest BCUT2D eigenvalue weighted by molar-refractivity contribution is 5.98. The summed E-state index contributed by atoms with van der Waals surface area (Å²) in [6.07, 6.45) is 5.83. The lowest BCUT2D eigenvalue weighted by molar-refractivity contribution is 0.112. The molecule has 2 aromatic rings. The second kappa shape index (κ2) is 3.48. The SMILES string of the molecule is Cn1c2c(c3cccc(C=O)c31)CCCC2. The molecule has 2 nitrogen and oxygen atoms in total. The summed E-state index contributed by atoms with van der Waals surface area (Å²) >= 11 is 0. The minimum Gasteiger partial charge on any atom is -0.347 e. The van der Waals surface area contributed by atoms with Crippen molar-refractivity contribution in [2.24, 2.45) is 7.05 Å². The number of aromatic nitrogens is 1. The Labute approximate surface area is 94.9 Å². The van der Waals surface area contributed by atoms with E-state index in [9.17, 15) is 4.79 Å². The lowest BCUT2D eigenvalue weighted by atomic mass is 9.95. The van der Waals surface area contributed by atoms with E-state index in [1.165, 1.54) is 29.5 Å². The molecule has 0 fully saturated rings. The van der Waals surface area contributed by atoms with Gasteiger partial charge in [0.1, 0.15) is 0 Å². The standard InChI is InChI=1S/C14H15NO/c1-15-13-8-3-2-6-11(13)12-7-4-5-10(9-16)14(12)15/h4-5,7,9H,2-3,6,8H2,1H3. The molecule has 1 aromatic carbocycles. The molecule has 1 aromatic heterocycles. The molecule has 3 rings (SSSR count). The Bertz CT molecular complexity index is 566. The molecule has 0 amide bonds. The van der Waals surface area contributed by atoms with Gasteiger partial charge in [0.05, 0.1) is 5.52 Å². The van der Waals surface area contributed by atoms with Crippen LogP contribution in [0.15, 0.2) is 18.2 Å². The zero-order valence-corrected chi connectivity index (χ0v) is 9.49. The number of fused-ring (bicyclic) bond motifs is 3. The van der Waals surface area contributed by atoms with Crippen LogP contribution in [0.3, 0.4) is 0 Å². The Kier molecular flexibility index (Phi) is 2.10. The first-order chi connectivity index (χ1) is 7.83. The third-order valence-electron chi connectivity index (χ3n) is 3.70. The summed E-state index contributed by atoms with van der Waals surface area (Å²) in [6.45, 7) is 0. The van der Waals surface area contributed by atoms with Gasteiger partial charge in [-0.3, -0.25) is 4.79 Å². The normalized spacial score (nSPS) is 15.1. The van der Waals surface area contributed by atoms with E-state index in [-0.39, 0.29) is 0 Å². The van der Waals surface area contributed by atoms with Crippen molar-refractivity contribution >= 4 is 17.2 Å². The van der Waals surface area contributed by atoms with Crippen LogP contribution in [0.5, 0.6) is 0 Å². The van der Waals surface area contributed by atoms with Crippen LogP contribution in [0, 0.1) is 0 Å². The Morgan fingerprint density at radius 3 is 2.88 bits per heavy atom. The second-order valence-electron chi connectivity index (χ2n) is 4.55. The number of carbonyl (C=O) groups is 1. The van der Waals surface area contributed by atoms with E-state index in [1.807, 2.05) is 12.1 Å². The van der Waals surface area contributed by atoms with Gasteiger partial charge in [0.2, 0.25) is 0 Å². The first-order valence-corrected chi connectivity index (χ1v) is 5.87. The Balaban J connectivity index is 2.43. The lowest BCUT2D eigenvalue weighted by Crippen LogP contribution is -2.05. The molecule has 0 radical (unpaired) electrons. The van der Waals surface area contributed by atoms with Gasteiger partial charge in [0.25, 0.3) is 0 Å². The summed E-state index contributed by atoms with van der Waals surface area (Å²) in [7, 11) is 2.08. The first kappa shape index (κ1) is 9.64. The van der Waals surface area contributed by atoms with Gasteiger partial charge in [-0.2, -0.15) is 0 Å². The molecule has 1 heterocycles. The third-order valence-corrected chi connectivity index (χ3v) is 3.70. The number of rotatable bonds is 1. The molecule has 1 aliphatic rings. The number of aldehydes is 1. The van der Waals surface area contributed by atoms with Crippen LogP contribution in [-0.4, -0.2) is 10.9 Å². The van der Waals surface area contributed by atoms with Crippen molar-refractivity contribution in [2.45, 2.75) is 25.7 Å². The van der Waals surface area contributed by atoms with Gasteiger partial charge in [-0.15, -0.1) is 0 Å². The number of hydrogen-bond acceptors (Lipinski definition) is 1. The minimum absolute atomic E-state index is 0.814. The molecule has 0 atom stereocenters. The smallest absolute Gasteiger partial charge is 0.152 e. The second-order valence-corrected chi connectivity index (χ2v) is 4.55. The van der Waals surface area contributed by atoms with Crippen molar-refractivity contribution < 1.29 is 4.79 Å². The van der Waals surface area contributed by atoms with E-state index >= 15 is 0 Å². The van der Waals surface area contributed by atoms with Crippen LogP contribution in [0.25, 0.3) is 10.9 Å². The Morgan fingerprint density at radius 1 is 1.25 bits per heavy atom. The maximum absolute atomic E-state index is 11.1. The van der Waals surface area contributed by atoms with E-state index in [2.05, 4.69) is 17.7 Å². The van der Waals surface area contributed by atoms with E-state index in [1.54, 1.807) is 0 Å². The zero-order valence-electron chi connectivity index (χ0n) is 9.49. The van der Waals surface area contributed by atoms with Gasteiger partial charge >= 0.3 is 0 Å². The zero-order chi connectivity index (χ0) is 11.1. The maximum atomic E-state index is 11.1. The largest absolute Gasteiger partial charge is 0.347 e. The summed E-state index contributed by atoms with van der Waals surface area (Å²) in [5.74, 6) is 0. The Morgan fingerprint density at radius 2 is 2.06 bits per heavy atom. The van der Waals surface area contributed by atoms with Crippen molar-refractivity contribution in [3.05, 3.63) is 35.0 Å². The number of nitrogens with zero attached hydrogens (tertiary/aromatic N) is 1. The van der Waals surface area contributed by atoms with Gasteiger partial charge in [-0.1, -0.05) is 12.1 Å². The molecule has 0 unspecified atom stereocenters. The summed E-state index contributed by atoms with van der Waals surface area (Å²) in [4.78, 5) is 11.1. The predicted molar refractivity (Wildman–Crippen MR) is 64.9 cm³/mol. The van der Waals surface area contributed by atoms with Crippen molar-refractivity contribution in [2.75, 3.05) is 0 Å². The summed E-state index contributed by atoms with van der Waals surface area (Å²) in [5.41, 5.74) is 4.82. The summed E-state index contributed by atoms with van der Waals surface area (Å²) in [6, 6.07) is 6.04. The third kappa shape index (κ3) is 1.16. The van der Waals surface area contributed by atoms with E-state index in [0.29, 0.717) is 0 Å². The molecule has 0 saturated carbocycles. The molecule has 0 saturated heterocycles. The van der Waals surface area contributed by atoms with Gasteiger partial charge in [0, 0.05) is 23.7 Å². The van der Waals surface area contributed by atoms with E-state index in [0.717, 1.165) is 30.2 Å². The quantitative estimate of drug-likeness (QED) is 0.668. The number of aryl methyl sites for hydroxylation is 2. The molecule has 0 aliphatic heterocycles. The van der Waals surface area contributed by atoms with E-state index in [4.69, 9.17) is 0 Å². The molecule has 82 valence electrons. The fourth-order valence-electron chi connectivity index (χ4n) is 2.96. The molecular formula is C14H15NO. The van der Waals surface area contributed by atoms with E-state index < -0.39 is 0 Å². The van der Waals surface area contributed by atoms with Crippen LogP contribution in [0.1, 0.15) is 34.5 Å². The minimum atomic E-state index is 0.814. The van der Waals surface area contributed by atoms with Gasteiger partial charge < -0.3 is 4.57 Å². The maximum Gasteiger partial charge on any atom is 0.152 e. The van der Waals surface area contributed by atoms with Crippen LogP contribution in [0.4, 0.5) is 0 Å². The van der Waals surface area contributed by atoms with Crippen molar-refractivity contribution in [3.63, 3.8) is 0 Å². The molecule has 0 bridgehead atoms. The molecule has 2 heteroatoms. The van der Waals surface area contributed by atoms with Gasteiger partial charge in [0.15, 0.2) is 6.29 Å². The monoisotopic (exact) mass is 213 g/mol. The van der Waals surface area contributed by atoms with Crippen molar-refractivity contribution in [3.8, 4) is 0 Å². The molecule has 1 aliphatic carbocycles.